The molecule has 28 heavy (non-hydrogen) atoms. The van der Waals surface area contributed by atoms with E-state index in [2.05, 4.69) is 15.5 Å². The summed E-state index contributed by atoms with van der Waals surface area (Å²) in [7, 11) is 1.48. The molecule has 1 atom stereocenters. The largest absolute Gasteiger partial charge is 0.495 e. The van der Waals surface area contributed by atoms with Crippen molar-refractivity contribution < 1.29 is 14.3 Å². The molecular formula is C20H21N5O3. The Morgan fingerprint density at radius 1 is 1.18 bits per heavy atom. The van der Waals surface area contributed by atoms with Gasteiger partial charge in [0.05, 0.1) is 29.3 Å². The number of ether oxygens (including phenoxy) is 1. The van der Waals surface area contributed by atoms with Crippen molar-refractivity contribution in [1.29, 1.82) is 0 Å². The van der Waals surface area contributed by atoms with Crippen molar-refractivity contribution in [2.75, 3.05) is 12.8 Å². The number of carbonyl (C=O) groups excluding carboxylic acids is 2. The molecule has 3 rings (SSSR count). The molecule has 0 fully saturated rings. The van der Waals surface area contributed by atoms with Crippen molar-refractivity contribution >= 4 is 40.6 Å². The number of nitrogens with two attached hydrogens (primary N) is 2. The molecule has 0 spiro atoms. The highest BCUT2D eigenvalue weighted by Gasteiger charge is 2.21. The lowest BCUT2D eigenvalue weighted by molar-refractivity contribution is -0.119. The summed E-state index contributed by atoms with van der Waals surface area (Å²) in [5.41, 5.74) is 14.2. The van der Waals surface area contributed by atoms with E-state index in [1.54, 1.807) is 12.1 Å². The number of nitrogen functional groups attached to an aromatic ring is 1. The number of methoxy groups -OCH3 is 1. The molecule has 6 N–H and O–H groups in total. The number of amides is 2. The van der Waals surface area contributed by atoms with E-state index in [0.29, 0.717) is 28.0 Å². The van der Waals surface area contributed by atoms with Crippen molar-refractivity contribution in [2.24, 2.45) is 5.73 Å². The Labute approximate surface area is 161 Å². The summed E-state index contributed by atoms with van der Waals surface area (Å²) < 4.78 is 5.50. The molecule has 8 heteroatoms. The molecule has 1 heterocycles. The van der Waals surface area contributed by atoms with Gasteiger partial charge in [0.1, 0.15) is 11.8 Å². The van der Waals surface area contributed by atoms with Gasteiger partial charge in [-0.15, -0.1) is 0 Å². The molecule has 8 nitrogen and oxygen atoms in total. The van der Waals surface area contributed by atoms with E-state index in [1.165, 1.54) is 14.0 Å². The molecule has 0 saturated carbocycles. The molecule has 0 radical (unpaired) electrons. The number of benzene rings is 2. The Balaban J connectivity index is 2.00. The Bertz CT molecular complexity index is 1050. The van der Waals surface area contributed by atoms with E-state index in [9.17, 15) is 9.59 Å². The maximum atomic E-state index is 12.6. The predicted molar refractivity (Wildman–Crippen MR) is 109 cm³/mol. The molecule has 0 unspecified atom stereocenters. The summed E-state index contributed by atoms with van der Waals surface area (Å²) in [5.74, 6) is -0.721. The van der Waals surface area contributed by atoms with E-state index in [1.807, 2.05) is 36.4 Å². The lowest BCUT2D eigenvalue weighted by Crippen LogP contribution is -2.42. The first-order valence-corrected chi connectivity index (χ1v) is 8.59. The highest BCUT2D eigenvalue weighted by molar-refractivity contribution is 6.06. The highest BCUT2D eigenvalue weighted by Crippen LogP contribution is 2.32. The zero-order chi connectivity index (χ0) is 20.3. The number of aromatic nitrogens is 2. The minimum absolute atomic E-state index is 0.284. The van der Waals surface area contributed by atoms with Gasteiger partial charge < -0.3 is 21.5 Å². The van der Waals surface area contributed by atoms with Gasteiger partial charge in [0.15, 0.2) is 0 Å². The molecule has 144 valence electrons. The normalized spacial score (nSPS) is 12.2. The van der Waals surface area contributed by atoms with Gasteiger partial charge in [-0.1, -0.05) is 18.2 Å². The molecule has 2 amide bonds. The van der Waals surface area contributed by atoms with Gasteiger partial charge in [0.2, 0.25) is 5.91 Å². The van der Waals surface area contributed by atoms with Crippen LogP contribution >= 0.6 is 0 Å². The van der Waals surface area contributed by atoms with Crippen molar-refractivity contribution in [2.45, 2.75) is 13.0 Å². The van der Waals surface area contributed by atoms with Gasteiger partial charge in [-0.05, 0) is 42.8 Å². The summed E-state index contributed by atoms with van der Waals surface area (Å²) in [6.07, 6.45) is 3.74. The smallest absolute Gasteiger partial charge is 0.255 e. The quantitative estimate of drug-likeness (QED) is 0.485. The molecule has 2 aromatic carbocycles. The number of carbonyl (C=O) groups is 2. The molecule has 0 aliphatic heterocycles. The van der Waals surface area contributed by atoms with Crippen LogP contribution in [0.25, 0.3) is 23.1 Å². The Morgan fingerprint density at radius 2 is 1.89 bits per heavy atom. The van der Waals surface area contributed by atoms with Gasteiger partial charge in [-0.25, -0.2) is 0 Å². The fourth-order valence-corrected chi connectivity index (χ4v) is 2.75. The van der Waals surface area contributed by atoms with Crippen LogP contribution in [-0.4, -0.2) is 35.2 Å². The first-order chi connectivity index (χ1) is 13.4. The minimum Gasteiger partial charge on any atom is -0.495 e. The average Bonchev–Trinajstić information content (AvgIpc) is 3.09. The monoisotopic (exact) mass is 379 g/mol. The van der Waals surface area contributed by atoms with Crippen LogP contribution in [0.5, 0.6) is 5.75 Å². The van der Waals surface area contributed by atoms with Crippen LogP contribution in [0.2, 0.25) is 0 Å². The van der Waals surface area contributed by atoms with E-state index in [-0.39, 0.29) is 5.56 Å². The third kappa shape index (κ3) is 3.80. The average molecular weight is 379 g/mol. The first kappa shape index (κ1) is 19.0. The third-order valence-electron chi connectivity index (χ3n) is 4.30. The second kappa shape index (κ2) is 7.83. The van der Waals surface area contributed by atoms with Crippen LogP contribution < -0.4 is 21.5 Å². The third-order valence-corrected chi connectivity index (χ3v) is 4.30. The molecule has 0 saturated heterocycles. The Hall–Kier alpha value is -3.81. The maximum Gasteiger partial charge on any atom is 0.255 e. The zero-order valence-electron chi connectivity index (χ0n) is 15.5. The number of H-pyrrole nitrogens is 1. The van der Waals surface area contributed by atoms with E-state index in [4.69, 9.17) is 16.2 Å². The van der Waals surface area contributed by atoms with Crippen LogP contribution in [-0.2, 0) is 4.79 Å². The van der Waals surface area contributed by atoms with Crippen LogP contribution in [0, 0.1) is 0 Å². The van der Waals surface area contributed by atoms with Crippen LogP contribution in [0.1, 0.15) is 28.5 Å². The van der Waals surface area contributed by atoms with Crippen LogP contribution in [0.3, 0.4) is 0 Å². The number of nitrogens with one attached hydrogen (secondary N) is 2. The summed E-state index contributed by atoms with van der Waals surface area (Å²) >= 11 is 0. The lowest BCUT2D eigenvalue weighted by atomic mass is 10.1. The van der Waals surface area contributed by atoms with Gasteiger partial charge in [-0.2, -0.15) is 5.10 Å². The van der Waals surface area contributed by atoms with Gasteiger partial charge in [-0.3, -0.25) is 14.7 Å². The maximum absolute atomic E-state index is 12.6. The Kier molecular flexibility index (Phi) is 5.30. The first-order valence-electron chi connectivity index (χ1n) is 8.59. The van der Waals surface area contributed by atoms with E-state index < -0.39 is 17.9 Å². The summed E-state index contributed by atoms with van der Waals surface area (Å²) in [6.45, 7) is 1.52. The number of fused-ring (bicyclic) bond motifs is 1. The number of nitrogens with zero attached hydrogens (tertiary/aromatic N) is 1. The fraction of sp³-hybridized carbons (Fsp3) is 0.150. The Morgan fingerprint density at radius 3 is 2.54 bits per heavy atom. The van der Waals surface area contributed by atoms with Crippen molar-refractivity contribution in [3.63, 3.8) is 0 Å². The van der Waals surface area contributed by atoms with E-state index >= 15 is 0 Å². The molecule has 0 bridgehead atoms. The van der Waals surface area contributed by atoms with Crippen LogP contribution in [0.4, 0.5) is 5.69 Å². The molecular weight excluding hydrogens is 358 g/mol. The second-order valence-corrected chi connectivity index (χ2v) is 6.28. The SMILES string of the molecule is COc1c(C(=O)N[C@@H](C)C(N)=O)ccc2n[nH]c(C=Cc3ccc(N)cc3)c12. The molecule has 0 aliphatic carbocycles. The standard InChI is InChI=1S/C20H21N5O3/c1-11(19(22)26)23-20(27)14-8-10-16-17(18(14)28-2)15(24-25-16)9-5-12-3-6-13(21)7-4-12/h3-11H,21H2,1-2H3,(H2,22,26)(H,23,27)(H,24,25)/t11-/m0/s1. The number of anilines is 1. The van der Waals surface area contributed by atoms with Gasteiger partial charge in [0.25, 0.3) is 5.91 Å². The summed E-state index contributed by atoms with van der Waals surface area (Å²) in [6, 6.07) is 9.91. The summed E-state index contributed by atoms with van der Waals surface area (Å²) in [5, 5.41) is 10.4. The number of hydrogen-bond donors (Lipinski definition) is 4. The van der Waals surface area contributed by atoms with Crippen molar-refractivity contribution in [1.82, 2.24) is 15.5 Å². The van der Waals surface area contributed by atoms with Crippen LogP contribution in [0.15, 0.2) is 36.4 Å². The van der Waals surface area contributed by atoms with Gasteiger partial charge in [0, 0.05) is 5.69 Å². The molecule has 3 aromatic rings. The van der Waals surface area contributed by atoms with Crippen molar-refractivity contribution in [3.05, 3.63) is 53.2 Å². The highest BCUT2D eigenvalue weighted by atomic mass is 16.5. The fourth-order valence-electron chi connectivity index (χ4n) is 2.75. The number of primary amides is 1. The topological polar surface area (TPSA) is 136 Å². The van der Waals surface area contributed by atoms with Crippen molar-refractivity contribution in [3.8, 4) is 5.75 Å². The zero-order valence-corrected chi connectivity index (χ0v) is 15.5. The van der Waals surface area contributed by atoms with E-state index in [0.717, 1.165) is 5.56 Å². The minimum atomic E-state index is -0.804. The van der Waals surface area contributed by atoms with Gasteiger partial charge >= 0.3 is 0 Å². The lowest BCUT2D eigenvalue weighted by Gasteiger charge is -2.13. The molecule has 1 aromatic heterocycles. The number of hydrogen-bond acceptors (Lipinski definition) is 5. The predicted octanol–water partition coefficient (Wildman–Crippen LogP) is 1.93. The molecule has 0 aliphatic rings. The number of aromatic amines is 1. The number of rotatable bonds is 6. The summed E-state index contributed by atoms with van der Waals surface area (Å²) in [4.78, 5) is 23.8. The second-order valence-electron chi connectivity index (χ2n) is 6.28.